The molecule has 0 radical (unpaired) electrons. The van der Waals surface area contributed by atoms with Crippen LogP contribution >= 0.6 is 0 Å². The Kier molecular flexibility index (Phi) is 5.57. The Hall–Kier alpha value is -2.56. The van der Waals surface area contributed by atoms with Gasteiger partial charge in [-0.05, 0) is 42.7 Å². The molecule has 2 aromatic carbocycles. The highest BCUT2D eigenvalue weighted by molar-refractivity contribution is 5.85. The average molecular weight is 317 g/mol. The summed E-state index contributed by atoms with van der Waals surface area (Å²) in [6.07, 6.45) is 0.210. The molecule has 0 saturated carbocycles. The van der Waals surface area contributed by atoms with Gasteiger partial charge in [-0.3, -0.25) is 5.32 Å². The highest BCUT2D eigenvalue weighted by Crippen LogP contribution is 2.25. The minimum Gasteiger partial charge on any atom is -0.486 e. The number of carbonyl (C=O) groups excluding carboxylic acids is 1. The molecule has 0 aromatic heterocycles. The molecule has 0 aliphatic rings. The van der Waals surface area contributed by atoms with Gasteiger partial charge in [0.25, 0.3) is 0 Å². The van der Waals surface area contributed by atoms with Crippen LogP contribution in [0.4, 0.5) is 14.9 Å². The number of rotatable bonds is 5. The highest BCUT2D eigenvalue weighted by Gasteiger charge is 2.10. The SMILES string of the molecule is CCc1cc(F)c(OCc2ccccc2NC(=O)OC)cc1C. The summed E-state index contributed by atoms with van der Waals surface area (Å²) in [7, 11) is 1.29. The maximum Gasteiger partial charge on any atom is 0.411 e. The lowest BCUT2D eigenvalue weighted by molar-refractivity contribution is 0.187. The van der Waals surface area contributed by atoms with Crippen molar-refractivity contribution < 1.29 is 18.7 Å². The first-order valence-electron chi connectivity index (χ1n) is 7.39. The Morgan fingerprint density at radius 1 is 1.22 bits per heavy atom. The van der Waals surface area contributed by atoms with Gasteiger partial charge in [-0.25, -0.2) is 9.18 Å². The zero-order valence-electron chi connectivity index (χ0n) is 13.5. The molecule has 0 heterocycles. The fourth-order valence-electron chi connectivity index (χ4n) is 2.27. The summed E-state index contributed by atoms with van der Waals surface area (Å²) in [5, 5.41) is 2.61. The Bertz CT molecular complexity index is 701. The van der Waals surface area contributed by atoms with Crippen molar-refractivity contribution in [3.63, 3.8) is 0 Å². The quantitative estimate of drug-likeness (QED) is 0.886. The maximum atomic E-state index is 14.1. The summed E-state index contributed by atoms with van der Waals surface area (Å²) in [6, 6.07) is 10.3. The van der Waals surface area contributed by atoms with Crippen LogP contribution in [0.15, 0.2) is 36.4 Å². The van der Waals surface area contributed by atoms with Crippen molar-refractivity contribution in [3.8, 4) is 5.75 Å². The van der Waals surface area contributed by atoms with Gasteiger partial charge in [0.1, 0.15) is 6.61 Å². The smallest absolute Gasteiger partial charge is 0.411 e. The van der Waals surface area contributed by atoms with Gasteiger partial charge in [-0.1, -0.05) is 25.1 Å². The predicted octanol–water partition coefficient (Wildman–Crippen LogP) is 4.45. The fourth-order valence-corrected chi connectivity index (χ4v) is 2.27. The summed E-state index contributed by atoms with van der Waals surface area (Å²) in [6.45, 7) is 4.05. The number of amides is 1. The molecule has 0 unspecified atom stereocenters. The lowest BCUT2D eigenvalue weighted by Gasteiger charge is -2.13. The molecule has 5 heteroatoms. The lowest BCUT2D eigenvalue weighted by Crippen LogP contribution is -2.13. The normalized spacial score (nSPS) is 10.3. The second-order valence-corrected chi connectivity index (χ2v) is 5.13. The molecule has 0 aliphatic heterocycles. The predicted molar refractivity (Wildman–Crippen MR) is 87.3 cm³/mol. The number of benzene rings is 2. The number of carbonyl (C=O) groups is 1. The van der Waals surface area contributed by atoms with E-state index < -0.39 is 6.09 Å². The monoisotopic (exact) mass is 317 g/mol. The summed E-state index contributed by atoms with van der Waals surface area (Å²) >= 11 is 0. The van der Waals surface area contributed by atoms with Gasteiger partial charge >= 0.3 is 6.09 Å². The van der Waals surface area contributed by atoms with Crippen molar-refractivity contribution in [1.29, 1.82) is 0 Å². The molecule has 0 spiro atoms. The molecule has 0 bridgehead atoms. The van der Waals surface area contributed by atoms with E-state index in [0.29, 0.717) is 5.69 Å². The Balaban J connectivity index is 2.15. The van der Waals surface area contributed by atoms with E-state index in [4.69, 9.17) is 4.74 Å². The summed E-state index contributed by atoms with van der Waals surface area (Å²) in [5.74, 6) is -0.182. The maximum absolute atomic E-state index is 14.1. The number of anilines is 1. The lowest BCUT2D eigenvalue weighted by atomic mass is 10.1. The van der Waals surface area contributed by atoms with Gasteiger partial charge in [0.05, 0.1) is 12.8 Å². The van der Waals surface area contributed by atoms with E-state index in [9.17, 15) is 9.18 Å². The van der Waals surface area contributed by atoms with E-state index in [0.717, 1.165) is 23.1 Å². The summed E-state index contributed by atoms with van der Waals surface area (Å²) < 4.78 is 24.2. The third kappa shape index (κ3) is 4.22. The van der Waals surface area contributed by atoms with E-state index in [1.54, 1.807) is 24.3 Å². The molecule has 0 saturated heterocycles. The van der Waals surface area contributed by atoms with Crippen LogP contribution in [0, 0.1) is 12.7 Å². The van der Waals surface area contributed by atoms with E-state index in [2.05, 4.69) is 10.1 Å². The highest BCUT2D eigenvalue weighted by atomic mass is 19.1. The topological polar surface area (TPSA) is 47.6 Å². The number of halogens is 1. The van der Waals surface area contributed by atoms with Crippen LogP contribution in [0.3, 0.4) is 0 Å². The van der Waals surface area contributed by atoms with Crippen LogP contribution in [-0.4, -0.2) is 13.2 Å². The van der Waals surface area contributed by atoms with Gasteiger partial charge in [0.2, 0.25) is 0 Å². The van der Waals surface area contributed by atoms with E-state index in [-0.39, 0.29) is 18.2 Å². The molecule has 2 rings (SSSR count). The summed E-state index contributed by atoms with van der Waals surface area (Å²) in [5.41, 5.74) is 3.25. The number of methoxy groups -OCH3 is 1. The van der Waals surface area contributed by atoms with Crippen molar-refractivity contribution in [3.05, 3.63) is 58.9 Å². The number of hydrogen-bond acceptors (Lipinski definition) is 3. The standard InChI is InChI=1S/C18H20FNO3/c1-4-13-10-15(19)17(9-12(13)2)23-11-14-7-5-6-8-16(14)20-18(21)22-3/h5-10H,4,11H2,1-3H3,(H,20,21). The molecule has 23 heavy (non-hydrogen) atoms. The minimum atomic E-state index is -0.563. The van der Waals surface area contributed by atoms with Gasteiger partial charge in [-0.15, -0.1) is 0 Å². The molecule has 1 N–H and O–H groups in total. The van der Waals surface area contributed by atoms with Gasteiger partial charge < -0.3 is 9.47 Å². The van der Waals surface area contributed by atoms with Gasteiger partial charge in [-0.2, -0.15) is 0 Å². The number of para-hydroxylation sites is 1. The molecule has 2 aromatic rings. The third-order valence-electron chi connectivity index (χ3n) is 3.59. The summed E-state index contributed by atoms with van der Waals surface area (Å²) in [4.78, 5) is 11.3. The van der Waals surface area contributed by atoms with Crippen LogP contribution < -0.4 is 10.1 Å². The number of nitrogens with one attached hydrogen (secondary N) is 1. The first-order chi connectivity index (χ1) is 11.0. The average Bonchev–Trinajstić information content (AvgIpc) is 2.56. The van der Waals surface area contributed by atoms with Crippen molar-refractivity contribution in [2.75, 3.05) is 12.4 Å². The van der Waals surface area contributed by atoms with Crippen molar-refractivity contribution in [1.82, 2.24) is 0 Å². The zero-order valence-corrected chi connectivity index (χ0v) is 13.5. The van der Waals surface area contributed by atoms with E-state index in [1.807, 2.05) is 19.9 Å². The Morgan fingerprint density at radius 3 is 2.65 bits per heavy atom. The first kappa shape index (κ1) is 16.8. The van der Waals surface area contributed by atoms with E-state index in [1.165, 1.54) is 13.2 Å². The Morgan fingerprint density at radius 2 is 1.96 bits per heavy atom. The number of aryl methyl sites for hydroxylation is 2. The second kappa shape index (κ2) is 7.63. The fraction of sp³-hybridized carbons (Fsp3) is 0.278. The molecule has 122 valence electrons. The zero-order chi connectivity index (χ0) is 16.8. The molecule has 0 aliphatic carbocycles. The van der Waals surface area contributed by atoms with Crippen molar-refractivity contribution >= 4 is 11.8 Å². The third-order valence-corrected chi connectivity index (χ3v) is 3.59. The molecule has 0 fully saturated rings. The largest absolute Gasteiger partial charge is 0.486 e. The second-order valence-electron chi connectivity index (χ2n) is 5.13. The number of ether oxygens (including phenoxy) is 2. The molecule has 4 nitrogen and oxygen atoms in total. The van der Waals surface area contributed by atoms with Crippen LogP contribution in [0.25, 0.3) is 0 Å². The van der Waals surface area contributed by atoms with Gasteiger partial charge in [0, 0.05) is 5.56 Å². The number of hydrogen-bond donors (Lipinski definition) is 1. The molecular weight excluding hydrogens is 297 g/mol. The Labute approximate surface area is 135 Å². The van der Waals surface area contributed by atoms with Gasteiger partial charge in [0.15, 0.2) is 11.6 Å². The molecule has 0 atom stereocenters. The van der Waals surface area contributed by atoms with Crippen LogP contribution in [-0.2, 0) is 17.8 Å². The van der Waals surface area contributed by atoms with E-state index >= 15 is 0 Å². The van der Waals surface area contributed by atoms with Crippen molar-refractivity contribution in [2.45, 2.75) is 26.9 Å². The van der Waals surface area contributed by atoms with Crippen molar-refractivity contribution in [2.24, 2.45) is 0 Å². The minimum absolute atomic E-state index is 0.141. The first-order valence-corrected chi connectivity index (χ1v) is 7.39. The van der Waals surface area contributed by atoms with Crippen LogP contribution in [0.5, 0.6) is 5.75 Å². The molecule has 1 amide bonds. The van der Waals surface area contributed by atoms with Crippen LogP contribution in [0.2, 0.25) is 0 Å². The molecular formula is C18H20FNO3. The van der Waals surface area contributed by atoms with Crippen LogP contribution in [0.1, 0.15) is 23.6 Å².